The van der Waals surface area contributed by atoms with Crippen LogP contribution in [0.2, 0.25) is 0 Å². The van der Waals surface area contributed by atoms with Crippen molar-refractivity contribution in [1.29, 1.82) is 0 Å². The van der Waals surface area contributed by atoms with Crippen molar-refractivity contribution in [2.45, 2.75) is 12.5 Å². The van der Waals surface area contributed by atoms with Gasteiger partial charge in [0.1, 0.15) is 5.92 Å². The first-order chi connectivity index (χ1) is 14.8. The third-order valence-corrected chi connectivity index (χ3v) is 5.68. The number of nitrogens with zero attached hydrogens (tertiary/aromatic N) is 3. The Bertz CT molecular complexity index is 1150. The van der Waals surface area contributed by atoms with Gasteiger partial charge in [-0.15, -0.1) is 0 Å². The molecule has 2 aliphatic rings. The summed E-state index contributed by atoms with van der Waals surface area (Å²) in [5.41, 5.74) is 0.749. The normalized spacial score (nSPS) is 22.1. The van der Waals surface area contributed by atoms with Crippen LogP contribution in [0.5, 0.6) is 0 Å². The number of halogens is 1. The van der Waals surface area contributed by atoms with Gasteiger partial charge in [0, 0.05) is 16.6 Å². The first kappa shape index (κ1) is 20.7. The number of esters is 1. The SMILES string of the molecule is CCOC(=O)C1=NN[C@@]2(c3cccc([N+](=O)[O-])c3)C(=O)N(c3ccc(Br)cc3)C(=O)[C@@H]12. The molecule has 2 aromatic carbocycles. The van der Waals surface area contributed by atoms with Crippen LogP contribution in [0, 0.1) is 16.0 Å². The van der Waals surface area contributed by atoms with Crippen molar-refractivity contribution in [2.24, 2.45) is 11.0 Å². The van der Waals surface area contributed by atoms with Crippen molar-refractivity contribution in [3.05, 3.63) is 68.7 Å². The molecular formula is C20H15BrN4O6. The number of hydrazone groups is 1. The molecular weight excluding hydrogens is 472 g/mol. The van der Waals surface area contributed by atoms with Gasteiger partial charge in [-0.3, -0.25) is 25.1 Å². The molecule has 0 unspecified atom stereocenters. The van der Waals surface area contributed by atoms with Crippen molar-refractivity contribution < 1.29 is 24.0 Å². The summed E-state index contributed by atoms with van der Waals surface area (Å²) in [5, 5.41) is 15.2. The second kappa shape index (κ2) is 7.58. The van der Waals surface area contributed by atoms with Gasteiger partial charge in [0.2, 0.25) is 5.91 Å². The topological polar surface area (TPSA) is 131 Å². The number of hydrogen-bond donors (Lipinski definition) is 1. The number of carbonyl (C=O) groups is 3. The summed E-state index contributed by atoms with van der Waals surface area (Å²) >= 11 is 3.30. The first-order valence-electron chi connectivity index (χ1n) is 9.22. The number of nitro groups is 1. The Kier molecular flexibility index (Phi) is 5.05. The van der Waals surface area contributed by atoms with Gasteiger partial charge in [-0.1, -0.05) is 28.1 Å². The molecule has 2 aromatic rings. The third-order valence-electron chi connectivity index (χ3n) is 5.15. The predicted molar refractivity (Wildman–Crippen MR) is 112 cm³/mol. The number of nitro benzene ring substituents is 1. The molecule has 4 rings (SSSR count). The average Bonchev–Trinajstić information content (AvgIpc) is 3.25. The highest BCUT2D eigenvalue weighted by Gasteiger charge is 2.67. The number of imide groups is 1. The highest BCUT2D eigenvalue weighted by atomic mass is 79.9. The van der Waals surface area contributed by atoms with Crippen LogP contribution in [0.15, 0.2) is 58.1 Å². The van der Waals surface area contributed by atoms with E-state index in [-0.39, 0.29) is 23.6 Å². The fourth-order valence-electron chi connectivity index (χ4n) is 3.78. The molecule has 0 bridgehead atoms. The number of benzene rings is 2. The Hall–Kier alpha value is -3.60. The second-order valence-corrected chi connectivity index (χ2v) is 7.75. The number of amides is 2. The smallest absolute Gasteiger partial charge is 0.355 e. The molecule has 0 spiro atoms. The molecule has 158 valence electrons. The van der Waals surface area contributed by atoms with Crippen LogP contribution in [0.3, 0.4) is 0 Å². The average molecular weight is 487 g/mol. The highest BCUT2D eigenvalue weighted by molar-refractivity contribution is 9.10. The number of nitrogens with one attached hydrogen (secondary N) is 1. The molecule has 0 saturated carbocycles. The summed E-state index contributed by atoms with van der Waals surface area (Å²) in [6.45, 7) is 1.65. The summed E-state index contributed by atoms with van der Waals surface area (Å²) in [7, 11) is 0. The molecule has 1 N–H and O–H groups in total. The lowest BCUT2D eigenvalue weighted by Gasteiger charge is -2.26. The van der Waals surface area contributed by atoms with Crippen molar-refractivity contribution in [2.75, 3.05) is 11.5 Å². The van der Waals surface area contributed by atoms with Crippen LogP contribution in [-0.2, 0) is 24.7 Å². The number of ether oxygens (including phenoxy) is 1. The molecule has 0 aromatic heterocycles. The lowest BCUT2D eigenvalue weighted by atomic mass is 9.78. The summed E-state index contributed by atoms with van der Waals surface area (Å²) < 4.78 is 5.76. The van der Waals surface area contributed by atoms with Gasteiger partial charge in [0.15, 0.2) is 11.3 Å². The van der Waals surface area contributed by atoms with E-state index in [1.165, 1.54) is 24.3 Å². The fraction of sp³-hybridized carbons (Fsp3) is 0.200. The van der Waals surface area contributed by atoms with E-state index in [9.17, 15) is 24.5 Å². The van der Waals surface area contributed by atoms with Crippen molar-refractivity contribution >= 4 is 50.8 Å². The molecule has 10 nitrogen and oxygen atoms in total. The lowest BCUT2D eigenvalue weighted by Crippen LogP contribution is -2.48. The molecule has 0 aliphatic carbocycles. The maximum atomic E-state index is 13.6. The van der Waals surface area contributed by atoms with Crippen LogP contribution in [0.25, 0.3) is 0 Å². The summed E-state index contributed by atoms with van der Waals surface area (Å²) in [5.74, 6) is -3.57. The molecule has 1 fully saturated rings. The van der Waals surface area contributed by atoms with Gasteiger partial charge in [0.25, 0.3) is 11.6 Å². The molecule has 2 aliphatic heterocycles. The Morgan fingerprint density at radius 1 is 1.29 bits per heavy atom. The van der Waals surface area contributed by atoms with Crippen LogP contribution in [0.1, 0.15) is 12.5 Å². The van der Waals surface area contributed by atoms with Gasteiger partial charge < -0.3 is 4.74 Å². The molecule has 2 amide bonds. The quantitative estimate of drug-likeness (QED) is 0.296. The standard InChI is InChI=1S/C20H15BrN4O6/c1-2-31-18(27)16-15-17(26)24(13-8-6-12(21)7-9-13)19(28)20(15,23-22-16)11-4-3-5-14(10-11)25(29)30/h3-10,15,23H,2H2,1H3/t15-,20-/m1/s1. The van der Waals surface area contributed by atoms with Gasteiger partial charge >= 0.3 is 5.97 Å². The number of hydrogen-bond acceptors (Lipinski definition) is 8. The maximum Gasteiger partial charge on any atom is 0.355 e. The van der Waals surface area contributed by atoms with Crippen LogP contribution >= 0.6 is 15.9 Å². The van der Waals surface area contributed by atoms with Crippen LogP contribution in [-0.4, -0.2) is 35.0 Å². The summed E-state index contributed by atoms with van der Waals surface area (Å²) in [4.78, 5) is 51.2. The Balaban J connectivity index is 1.89. The van der Waals surface area contributed by atoms with Crippen molar-refractivity contribution in [3.8, 4) is 0 Å². The van der Waals surface area contributed by atoms with E-state index in [2.05, 4.69) is 26.5 Å². The largest absolute Gasteiger partial charge is 0.461 e. The Morgan fingerprint density at radius 2 is 2.00 bits per heavy atom. The van der Waals surface area contributed by atoms with E-state index in [1.807, 2.05) is 0 Å². The molecule has 11 heteroatoms. The third kappa shape index (κ3) is 3.08. The number of rotatable bonds is 5. The number of anilines is 1. The number of non-ortho nitro benzene ring substituents is 1. The molecule has 31 heavy (non-hydrogen) atoms. The van der Waals surface area contributed by atoms with E-state index in [1.54, 1.807) is 31.2 Å². The Morgan fingerprint density at radius 3 is 2.65 bits per heavy atom. The van der Waals surface area contributed by atoms with Gasteiger partial charge in [0.05, 0.1) is 17.2 Å². The molecule has 2 heterocycles. The fourth-order valence-corrected chi connectivity index (χ4v) is 4.05. The second-order valence-electron chi connectivity index (χ2n) is 6.83. The predicted octanol–water partition coefficient (Wildman–Crippen LogP) is 2.26. The van der Waals surface area contributed by atoms with E-state index in [0.29, 0.717) is 5.69 Å². The zero-order valence-corrected chi connectivity index (χ0v) is 17.7. The van der Waals surface area contributed by atoms with E-state index in [4.69, 9.17) is 4.74 Å². The number of carbonyl (C=O) groups excluding carboxylic acids is 3. The zero-order valence-electron chi connectivity index (χ0n) is 16.1. The summed E-state index contributed by atoms with van der Waals surface area (Å²) in [6, 6.07) is 11.8. The molecule has 0 radical (unpaired) electrons. The highest BCUT2D eigenvalue weighted by Crippen LogP contribution is 2.45. The van der Waals surface area contributed by atoms with Crippen LogP contribution in [0.4, 0.5) is 11.4 Å². The monoisotopic (exact) mass is 486 g/mol. The van der Waals surface area contributed by atoms with Crippen LogP contribution < -0.4 is 10.3 Å². The maximum absolute atomic E-state index is 13.6. The van der Waals surface area contributed by atoms with Crippen molar-refractivity contribution in [3.63, 3.8) is 0 Å². The molecule has 2 atom stereocenters. The van der Waals surface area contributed by atoms with E-state index < -0.39 is 34.2 Å². The lowest BCUT2D eigenvalue weighted by molar-refractivity contribution is -0.385. The minimum Gasteiger partial charge on any atom is -0.461 e. The number of fused-ring (bicyclic) bond motifs is 1. The van der Waals surface area contributed by atoms with E-state index >= 15 is 0 Å². The first-order valence-corrected chi connectivity index (χ1v) is 10.0. The van der Waals surface area contributed by atoms with Gasteiger partial charge in [-0.25, -0.2) is 9.69 Å². The van der Waals surface area contributed by atoms with Gasteiger partial charge in [-0.05, 0) is 36.8 Å². The minimum absolute atomic E-state index is 0.0486. The van der Waals surface area contributed by atoms with E-state index in [0.717, 1.165) is 9.37 Å². The zero-order chi connectivity index (χ0) is 22.3. The molecule has 1 saturated heterocycles. The van der Waals surface area contributed by atoms with Crippen molar-refractivity contribution in [1.82, 2.24) is 5.43 Å². The minimum atomic E-state index is -1.81. The summed E-state index contributed by atoms with van der Waals surface area (Å²) in [6.07, 6.45) is 0. The Labute approximate surface area is 184 Å². The van der Waals surface area contributed by atoms with Gasteiger partial charge in [-0.2, -0.15) is 5.10 Å².